The van der Waals surface area contributed by atoms with E-state index in [1.54, 1.807) is 6.08 Å². The minimum absolute atomic E-state index is 0.0764. The van der Waals surface area contributed by atoms with Crippen LogP contribution in [0.2, 0.25) is 0 Å². The average Bonchev–Trinajstić information content (AvgIpc) is 2.23. The van der Waals surface area contributed by atoms with Crippen LogP contribution in [0.5, 0.6) is 0 Å². The standard InChI is InChI=1S/C13H18N2O2/c1-9-6-15-8-13(17-9)4-10(5-14)11(16)12(2,3)7-13/h4,9,15H,6-8H2,1-3H3. The molecule has 0 saturated carbocycles. The van der Waals surface area contributed by atoms with Gasteiger partial charge in [0.25, 0.3) is 0 Å². The summed E-state index contributed by atoms with van der Waals surface area (Å²) >= 11 is 0. The summed E-state index contributed by atoms with van der Waals surface area (Å²) in [5.74, 6) is -0.0764. The Bertz CT molecular complexity index is 420. The van der Waals surface area contributed by atoms with Crippen molar-refractivity contribution in [3.05, 3.63) is 11.6 Å². The van der Waals surface area contributed by atoms with Gasteiger partial charge in [-0.3, -0.25) is 4.79 Å². The lowest BCUT2D eigenvalue weighted by atomic mass is 9.69. The number of allylic oxidation sites excluding steroid dienone is 1. The number of nitrogens with one attached hydrogen (secondary N) is 1. The van der Waals surface area contributed by atoms with Gasteiger partial charge in [0.05, 0.1) is 11.7 Å². The van der Waals surface area contributed by atoms with Crippen LogP contribution in [-0.4, -0.2) is 30.6 Å². The first-order chi connectivity index (χ1) is 7.88. The highest BCUT2D eigenvalue weighted by Crippen LogP contribution is 2.40. The maximum Gasteiger partial charge on any atom is 0.178 e. The number of ketones is 1. The molecule has 1 aliphatic carbocycles. The Morgan fingerprint density at radius 2 is 2.29 bits per heavy atom. The van der Waals surface area contributed by atoms with E-state index in [2.05, 4.69) is 5.32 Å². The van der Waals surface area contributed by atoms with Crippen molar-refractivity contribution in [1.82, 2.24) is 5.32 Å². The quantitative estimate of drug-likeness (QED) is 0.683. The van der Waals surface area contributed by atoms with Gasteiger partial charge in [0.2, 0.25) is 0 Å². The van der Waals surface area contributed by atoms with Crippen molar-refractivity contribution in [3.8, 4) is 6.07 Å². The summed E-state index contributed by atoms with van der Waals surface area (Å²) < 4.78 is 5.99. The third-order valence-electron chi connectivity index (χ3n) is 3.42. The highest BCUT2D eigenvalue weighted by Gasteiger charge is 2.47. The molecule has 2 rings (SSSR count). The Balaban J connectivity index is 2.40. The van der Waals surface area contributed by atoms with E-state index in [0.717, 1.165) is 6.54 Å². The van der Waals surface area contributed by atoms with E-state index in [9.17, 15) is 4.79 Å². The van der Waals surface area contributed by atoms with Crippen molar-refractivity contribution in [1.29, 1.82) is 5.26 Å². The number of nitrogens with zero attached hydrogens (tertiary/aromatic N) is 1. The maximum absolute atomic E-state index is 12.0. The van der Waals surface area contributed by atoms with Gasteiger partial charge in [-0.1, -0.05) is 13.8 Å². The van der Waals surface area contributed by atoms with Crippen LogP contribution in [0, 0.1) is 16.7 Å². The summed E-state index contributed by atoms with van der Waals surface area (Å²) in [6, 6.07) is 2.00. The summed E-state index contributed by atoms with van der Waals surface area (Å²) in [5.41, 5.74) is -0.796. The lowest BCUT2D eigenvalue weighted by Crippen LogP contribution is -2.56. The van der Waals surface area contributed by atoms with Gasteiger partial charge in [0.1, 0.15) is 11.7 Å². The summed E-state index contributed by atoms with van der Waals surface area (Å²) in [7, 11) is 0. The predicted molar refractivity (Wildman–Crippen MR) is 63.2 cm³/mol. The van der Waals surface area contributed by atoms with E-state index in [4.69, 9.17) is 10.00 Å². The zero-order valence-corrected chi connectivity index (χ0v) is 10.5. The lowest BCUT2D eigenvalue weighted by molar-refractivity contribution is -0.136. The Hall–Kier alpha value is -1.18. The first-order valence-electron chi connectivity index (χ1n) is 5.95. The fourth-order valence-electron chi connectivity index (χ4n) is 2.82. The minimum atomic E-state index is -0.529. The molecular formula is C13H18N2O2. The van der Waals surface area contributed by atoms with Crippen LogP contribution in [0.4, 0.5) is 0 Å². The third-order valence-corrected chi connectivity index (χ3v) is 3.42. The molecule has 0 bridgehead atoms. The maximum atomic E-state index is 12.0. The van der Waals surface area contributed by atoms with Gasteiger partial charge in [-0.05, 0) is 19.4 Å². The van der Waals surface area contributed by atoms with Crippen LogP contribution in [0.1, 0.15) is 27.2 Å². The van der Waals surface area contributed by atoms with Gasteiger partial charge in [-0.2, -0.15) is 5.26 Å². The number of nitriles is 1. The number of rotatable bonds is 0. The molecule has 0 amide bonds. The second-order valence-corrected chi connectivity index (χ2v) is 5.68. The molecule has 0 radical (unpaired) electrons. The molecule has 1 heterocycles. The second-order valence-electron chi connectivity index (χ2n) is 5.68. The van der Waals surface area contributed by atoms with Crippen LogP contribution >= 0.6 is 0 Å². The first kappa shape index (κ1) is 12.3. The van der Waals surface area contributed by atoms with Gasteiger partial charge in [0.15, 0.2) is 5.78 Å². The van der Waals surface area contributed by atoms with Gasteiger partial charge < -0.3 is 10.1 Å². The molecule has 1 spiro atoms. The Labute approximate surface area is 102 Å². The van der Waals surface area contributed by atoms with Crippen LogP contribution in [0.25, 0.3) is 0 Å². The summed E-state index contributed by atoms with van der Waals surface area (Å²) in [5, 5.41) is 12.4. The molecule has 2 aliphatic rings. The van der Waals surface area contributed by atoms with Crippen LogP contribution < -0.4 is 5.32 Å². The van der Waals surface area contributed by atoms with Gasteiger partial charge >= 0.3 is 0 Å². The first-order valence-corrected chi connectivity index (χ1v) is 5.95. The smallest absolute Gasteiger partial charge is 0.178 e. The predicted octanol–water partition coefficient (Wildman–Crippen LogP) is 1.18. The molecule has 1 fully saturated rings. The van der Waals surface area contributed by atoms with Crippen molar-refractivity contribution in [2.24, 2.45) is 5.41 Å². The van der Waals surface area contributed by atoms with Gasteiger partial charge in [-0.25, -0.2) is 0 Å². The molecule has 1 saturated heterocycles. The number of hydrogen-bond donors (Lipinski definition) is 1. The lowest BCUT2D eigenvalue weighted by Gasteiger charge is -2.45. The van der Waals surface area contributed by atoms with Crippen molar-refractivity contribution >= 4 is 5.78 Å². The second kappa shape index (κ2) is 3.94. The van der Waals surface area contributed by atoms with Crippen molar-refractivity contribution in [2.75, 3.05) is 13.1 Å². The van der Waals surface area contributed by atoms with Crippen LogP contribution in [0.3, 0.4) is 0 Å². The SMILES string of the molecule is CC1CNCC2(C=C(C#N)C(=O)C(C)(C)C2)O1. The molecular weight excluding hydrogens is 216 g/mol. The number of hydrogen-bond acceptors (Lipinski definition) is 4. The molecule has 92 valence electrons. The zero-order chi connectivity index (χ0) is 12.7. The molecule has 4 nitrogen and oxygen atoms in total. The summed E-state index contributed by atoms with van der Waals surface area (Å²) in [6.45, 7) is 7.23. The zero-order valence-electron chi connectivity index (χ0n) is 10.5. The van der Waals surface area contributed by atoms with Crippen LogP contribution in [-0.2, 0) is 9.53 Å². The van der Waals surface area contributed by atoms with Crippen molar-refractivity contribution in [3.63, 3.8) is 0 Å². The topological polar surface area (TPSA) is 62.1 Å². The van der Waals surface area contributed by atoms with Gasteiger partial charge in [-0.15, -0.1) is 0 Å². The fourth-order valence-corrected chi connectivity index (χ4v) is 2.82. The molecule has 0 aromatic rings. The van der Waals surface area contributed by atoms with Crippen LogP contribution in [0.15, 0.2) is 11.6 Å². The van der Waals surface area contributed by atoms with Gasteiger partial charge in [0, 0.05) is 18.5 Å². The fraction of sp³-hybridized carbons (Fsp3) is 0.692. The Morgan fingerprint density at radius 3 is 2.88 bits per heavy atom. The number of morpholine rings is 1. The molecule has 4 heteroatoms. The van der Waals surface area contributed by atoms with Crippen molar-refractivity contribution < 1.29 is 9.53 Å². The Morgan fingerprint density at radius 1 is 1.59 bits per heavy atom. The van der Waals surface area contributed by atoms with E-state index < -0.39 is 11.0 Å². The Kier molecular flexibility index (Phi) is 2.84. The molecule has 2 unspecified atom stereocenters. The summed E-state index contributed by atoms with van der Waals surface area (Å²) in [6.07, 6.45) is 2.44. The van der Waals surface area contributed by atoms with Crippen molar-refractivity contribution in [2.45, 2.75) is 38.9 Å². The number of ether oxygens (including phenoxy) is 1. The largest absolute Gasteiger partial charge is 0.365 e. The number of carbonyl (C=O) groups excluding carboxylic acids is 1. The van der Waals surface area contributed by atoms with E-state index in [0.29, 0.717) is 13.0 Å². The molecule has 1 N–H and O–H groups in total. The highest BCUT2D eigenvalue weighted by molar-refractivity contribution is 6.03. The molecule has 0 aromatic carbocycles. The van der Waals surface area contributed by atoms with E-state index in [-0.39, 0.29) is 17.5 Å². The van der Waals surface area contributed by atoms with E-state index in [1.807, 2.05) is 26.8 Å². The number of carbonyl (C=O) groups is 1. The minimum Gasteiger partial charge on any atom is -0.365 e. The van der Waals surface area contributed by atoms with E-state index >= 15 is 0 Å². The monoisotopic (exact) mass is 234 g/mol. The summed E-state index contributed by atoms with van der Waals surface area (Å²) in [4.78, 5) is 12.0. The third kappa shape index (κ3) is 2.13. The normalized spacial score (nSPS) is 36.5. The van der Waals surface area contributed by atoms with E-state index in [1.165, 1.54) is 0 Å². The molecule has 17 heavy (non-hydrogen) atoms. The average molecular weight is 234 g/mol. The molecule has 1 aliphatic heterocycles. The number of Topliss-reactive ketones (excluding diaryl/α,β-unsaturated/α-hetero) is 1. The molecule has 0 aromatic heterocycles. The molecule has 2 atom stereocenters. The highest BCUT2D eigenvalue weighted by atomic mass is 16.5.